The van der Waals surface area contributed by atoms with Gasteiger partial charge in [0.25, 0.3) is 5.56 Å². The molecular weight excluding hydrogens is 386 g/mol. The first-order valence-corrected chi connectivity index (χ1v) is 8.96. The van der Waals surface area contributed by atoms with Gasteiger partial charge in [-0.2, -0.15) is 10.4 Å². The monoisotopic (exact) mass is 401 g/mol. The quantitative estimate of drug-likeness (QED) is 0.264. The predicted octanol–water partition coefficient (Wildman–Crippen LogP) is 2.38. The molecule has 148 valence electrons. The number of imidazole rings is 1. The van der Waals surface area contributed by atoms with Crippen molar-refractivity contribution in [1.29, 1.82) is 5.26 Å². The van der Waals surface area contributed by atoms with E-state index < -0.39 is 18.3 Å². The van der Waals surface area contributed by atoms with Gasteiger partial charge in [0.05, 0.1) is 28.5 Å². The number of benzene rings is 2. The molecule has 9 heteroatoms. The number of H-pyrrole nitrogens is 2. The van der Waals surface area contributed by atoms with E-state index in [1.165, 1.54) is 0 Å². The van der Waals surface area contributed by atoms with Gasteiger partial charge >= 0.3 is 5.97 Å². The number of carbonyl (C=O) groups excluding carboxylic acids is 1. The number of aliphatic hydroxyl groups is 1. The number of nitriles is 1. The summed E-state index contributed by atoms with van der Waals surface area (Å²) >= 11 is 0. The minimum Gasteiger partial charge on any atom is -0.507 e. The van der Waals surface area contributed by atoms with E-state index in [-0.39, 0.29) is 23.4 Å². The van der Waals surface area contributed by atoms with E-state index in [2.05, 4.69) is 20.2 Å². The first-order valence-electron chi connectivity index (χ1n) is 8.96. The van der Waals surface area contributed by atoms with Gasteiger partial charge < -0.3 is 14.8 Å². The first-order chi connectivity index (χ1) is 14.6. The number of rotatable bonds is 5. The van der Waals surface area contributed by atoms with Crippen molar-refractivity contribution in [3.8, 4) is 6.07 Å². The van der Waals surface area contributed by atoms with E-state index >= 15 is 0 Å². The second-order valence-corrected chi connectivity index (χ2v) is 6.42. The lowest BCUT2D eigenvalue weighted by Crippen LogP contribution is -2.16. The van der Waals surface area contributed by atoms with Crippen molar-refractivity contribution in [1.82, 2.24) is 20.2 Å². The van der Waals surface area contributed by atoms with Gasteiger partial charge in [-0.3, -0.25) is 9.59 Å². The normalized spacial score (nSPS) is 11.8. The molecule has 4 aromatic rings. The number of aliphatic hydroxyl groups excluding tert-OH is 1. The van der Waals surface area contributed by atoms with Crippen molar-refractivity contribution in [3.05, 3.63) is 76.2 Å². The molecule has 2 aromatic carbocycles. The summed E-state index contributed by atoms with van der Waals surface area (Å²) in [5.74, 6) is -0.919. The molecule has 0 spiro atoms. The van der Waals surface area contributed by atoms with Crippen molar-refractivity contribution >= 4 is 33.3 Å². The molecule has 30 heavy (non-hydrogen) atoms. The van der Waals surface area contributed by atoms with Gasteiger partial charge in [0, 0.05) is 5.39 Å². The van der Waals surface area contributed by atoms with Crippen molar-refractivity contribution in [2.75, 3.05) is 6.61 Å². The minimum absolute atomic E-state index is 0.119. The third-order valence-corrected chi connectivity index (χ3v) is 4.48. The van der Waals surface area contributed by atoms with E-state index in [0.717, 1.165) is 0 Å². The highest BCUT2D eigenvalue weighted by molar-refractivity contribution is 5.87. The standard InChI is InChI=1S/C21H15N5O4/c22-10-14(20-23-15-7-3-4-8-16(15)24-20)18(27)11-30-19(28)9-17-12-5-1-2-6-13(12)21(29)26-25-17/h1-8,27H,9,11H2,(H,23,24)(H,26,29)/b18-14-. The van der Waals surface area contributed by atoms with Crippen LogP contribution in [-0.4, -0.2) is 37.8 Å². The number of para-hydroxylation sites is 2. The summed E-state index contributed by atoms with van der Waals surface area (Å²) in [6.45, 7) is -0.500. The molecule has 0 radical (unpaired) electrons. The number of aromatic amines is 2. The lowest BCUT2D eigenvalue weighted by Gasteiger charge is -2.07. The van der Waals surface area contributed by atoms with Crippen molar-refractivity contribution in [2.24, 2.45) is 0 Å². The SMILES string of the molecule is N#C/C(=C(/O)COC(=O)Cc1n[nH]c(=O)c2ccccc12)c1nc2ccccc2[nH]1. The van der Waals surface area contributed by atoms with Crippen LogP contribution >= 0.6 is 0 Å². The molecule has 2 heterocycles. The molecule has 0 saturated heterocycles. The zero-order chi connectivity index (χ0) is 21.1. The summed E-state index contributed by atoms with van der Waals surface area (Å²) in [7, 11) is 0. The molecule has 4 rings (SSSR count). The molecule has 3 N–H and O–H groups in total. The maximum atomic E-state index is 12.2. The Labute approximate surface area is 169 Å². The van der Waals surface area contributed by atoms with Gasteiger partial charge in [0.15, 0.2) is 11.6 Å². The Morgan fingerprint density at radius 3 is 2.63 bits per heavy atom. The van der Waals surface area contributed by atoms with Crippen LogP contribution in [0.2, 0.25) is 0 Å². The van der Waals surface area contributed by atoms with E-state index in [1.54, 1.807) is 42.5 Å². The maximum absolute atomic E-state index is 12.2. The number of fused-ring (bicyclic) bond motifs is 2. The van der Waals surface area contributed by atoms with E-state index in [1.807, 2.05) is 12.1 Å². The molecule has 0 aliphatic carbocycles. The Balaban J connectivity index is 1.51. The molecule has 0 fully saturated rings. The second kappa shape index (κ2) is 7.89. The largest absolute Gasteiger partial charge is 0.507 e. The Morgan fingerprint density at radius 1 is 1.13 bits per heavy atom. The molecule has 0 amide bonds. The summed E-state index contributed by atoms with van der Waals surface area (Å²) in [5, 5.41) is 26.9. The maximum Gasteiger partial charge on any atom is 0.312 e. The summed E-state index contributed by atoms with van der Waals surface area (Å²) in [4.78, 5) is 31.3. The van der Waals surface area contributed by atoms with E-state index in [9.17, 15) is 20.0 Å². The average Bonchev–Trinajstić information content (AvgIpc) is 3.18. The van der Waals surface area contributed by atoms with Gasteiger partial charge in [-0.15, -0.1) is 0 Å². The van der Waals surface area contributed by atoms with Gasteiger partial charge in [0.1, 0.15) is 18.2 Å². The molecule has 0 aliphatic heterocycles. The van der Waals surface area contributed by atoms with Crippen LogP contribution < -0.4 is 5.56 Å². The Hall–Kier alpha value is -4.45. The fourth-order valence-corrected chi connectivity index (χ4v) is 3.04. The van der Waals surface area contributed by atoms with Gasteiger partial charge in [-0.05, 0) is 18.2 Å². The van der Waals surface area contributed by atoms with Crippen LogP contribution in [0.15, 0.2) is 59.1 Å². The highest BCUT2D eigenvalue weighted by atomic mass is 16.5. The lowest BCUT2D eigenvalue weighted by molar-refractivity contribution is -0.142. The third kappa shape index (κ3) is 3.62. The van der Waals surface area contributed by atoms with Gasteiger partial charge in [-0.25, -0.2) is 10.1 Å². The highest BCUT2D eigenvalue weighted by Crippen LogP contribution is 2.19. The third-order valence-electron chi connectivity index (χ3n) is 4.48. The zero-order valence-electron chi connectivity index (χ0n) is 15.5. The lowest BCUT2D eigenvalue weighted by atomic mass is 10.1. The average molecular weight is 401 g/mol. The van der Waals surface area contributed by atoms with E-state index in [0.29, 0.717) is 27.5 Å². The first kappa shape index (κ1) is 18.9. The molecule has 9 nitrogen and oxygen atoms in total. The fourth-order valence-electron chi connectivity index (χ4n) is 3.04. The number of carbonyl (C=O) groups is 1. The van der Waals surface area contributed by atoms with Crippen molar-refractivity contribution in [2.45, 2.75) is 6.42 Å². The van der Waals surface area contributed by atoms with E-state index in [4.69, 9.17) is 4.74 Å². The van der Waals surface area contributed by atoms with Crippen LogP contribution in [0, 0.1) is 11.3 Å². The Morgan fingerprint density at radius 2 is 1.87 bits per heavy atom. The second-order valence-electron chi connectivity index (χ2n) is 6.42. The number of nitrogens with zero attached hydrogens (tertiary/aromatic N) is 3. The molecule has 0 saturated carbocycles. The van der Waals surface area contributed by atoms with Crippen LogP contribution in [0.25, 0.3) is 27.4 Å². The molecule has 2 aromatic heterocycles. The minimum atomic E-state index is -0.673. The number of hydrogen-bond acceptors (Lipinski definition) is 7. The molecule has 0 bridgehead atoms. The van der Waals surface area contributed by atoms with Crippen LogP contribution in [0.5, 0.6) is 0 Å². The number of nitrogens with one attached hydrogen (secondary N) is 2. The highest BCUT2D eigenvalue weighted by Gasteiger charge is 2.16. The van der Waals surface area contributed by atoms with Crippen LogP contribution in [0.1, 0.15) is 11.5 Å². The van der Waals surface area contributed by atoms with Crippen molar-refractivity contribution in [3.63, 3.8) is 0 Å². The number of allylic oxidation sites excluding steroid dienone is 1. The molecule has 0 atom stereocenters. The Bertz CT molecular complexity index is 1360. The number of ether oxygens (including phenoxy) is 1. The number of aromatic nitrogens is 4. The molecule has 0 aliphatic rings. The van der Waals surface area contributed by atoms with Crippen LogP contribution in [-0.2, 0) is 16.0 Å². The Kier molecular flexibility index (Phi) is 4.97. The van der Waals surface area contributed by atoms with Crippen LogP contribution in [0.4, 0.5) is 0 Å². The fraction of sp³-hybridized carbons (Fsp3) is 0.0952. The van der Waals surface area contributed by atoms with Gasteiger partial charge in [0.2, 0.25) is 0 Å². The molecular formula is C21H15N5O4. The molecule has 0 unspecified atom stereocenters. The number of esters is 1. The topological polar surface area (TPSA) is 145 Å². The smallest absolute Gasteiger partial charge is 0.312 e. The summed E-state index contributed by atoms with van der Waals surface area (Å²) in [6, 6.07) is 15.8. The summed E-state index contributed by atoms with van der Waals surface area (Å²) in [5.41, 5.74) is 1.22. The van der Waals surface area contributed by atoms with Gasteiger partial charge in [-0.1, -0.05) is 30.3 Å². The zero-order valence-corrected chi connectivity index (χ0v) is 15.5. The summed E-state index contributed by atoms with van der Waals surface area (Å²) in [6.07, 6.45) is -0.211. The number of hydrogen-bond donors (Lipinski definition) is 3. The van der Waals surface area contributed by atoms with Crippen molar-refractivity contribution < 1.29 is 14.6 Å². The summed E-state index contributed by atoms with van der Waals surface area (Å²) < 4.78 is 5.09. The van der Waals surface area contributed by atoms with Crippen LogP contribution in [0.3, 0.4) is 0 Å². The predicted molar refractivity (Wildman–Crippen MR) is 108 cm³/mol.